The monoisotopic (exact) mass is 480 g/mol. The van der Waals surface area contributed by atoms with Crippen LogP contribution < -0.4 is 4.72 Å². The third-order valence-electron chi connectivity index (χ3n) is 4.03. The van der Waals surface area contributed by atoms with Gasteiger partial charge in [-0.3, -0.25) is 0 Å². The molecule has 2 aromatic carbocycles. The minimum Gasteiger partial charge on any atom is -0.211 e. The minimum atomic E-state index is -3.62. The summed E-state index contributed by atoms with van der Waals surface area (Å²) in [5, 5.41) is 6.32. The Balaban J connectivity index is 1.51. The zero-order valence-corrected chi connectivity index (χ0v) is 17.6. The Morgan fingerprint density at radius 3 is 2.79 bits per heavy atom. The first-order valence-electron chi connectivity index (χ1n) is 8.27. The number of nitrogens with one attached hydrogen (secondary N) is 1. The van der Waals surface area contributed by atoms with Gasteiger partial charge in [0.15, 0.2) is 5.82 Å². The van der Waals surface area contributed by atoms with Gasteiger partial charge in [0.05, 0.1) is 10.6 Å². The minimum absolute atomic E-state index is 0.194. The van der Waals surface area contributed by atoms with Gasteiger partial charge >= 0.3 is 0 Å². The molecule has 144 valence electrons. The van der Waals surface area contributed by atoms with Crippen LogP contribution in [-0.4, -0.2) is 29.6 Å². The second-order valence-corrected chi connectivity index (χ2v) is 9.37. The SMILES string of the molecule is O=S(=O)(NCCc1csc2nc(-c3cccc(F)c3)nn12)c1ccccc1Br. The number of rotatable bonds is 6. The predicted molar refractivity (Wildman–Crippen MR) is 109 cm³/mol. The number of hydrogen-bond acceptors (Lipinski definition) is 5. The van der Waals surface area contributed by atoms with Crippen LogP contribution in [-0.2, 0) is 16.4 Å². The zero-order valence-electron chi connectivity index (χ0n) is 14.3. The maximum Gasteiger partial charge on any atom is 0.241 e. The molecule has 6 nitrogen and oxygen atoms in total. The largest absolute Gasteiger partial charge is 0.241 e. The maximum absolute atomic E-state index is 13.4. The fourth-order valence-electron chi connectivity index (χ4n) is 2.70. The highest BCUT2D eigenvalue weighted by Gasteiger charge is 2.17. The Morgan fingerprint density at radius 1 is 1.18 bits per heavy atom. The van der Waals surface area contributed by atoms with E-state index in [1.165, 1.54) is 29.5 Å². The first-order valence-corrected chi connectivity index (χ1v) is 11.4. The molecule has 2 aromatic heterocycles. The number of hydrogen-bond donors (Lipinski definition) is 1. The van der Waals surface area contributed by atoms with E-state index in [2.05, 4.69) is 30.7 Å². The van der Waals surface area contributed by atoms with E-state index in [9.17, 15) is 12.8 Å². The number of benzene rings is 2. The summed E-state index contributed by atoms with van der Waals surface area (Å²) in [7, 11) is -3.62. The van der Waals surface area contributed by atoms with Gasteiger partial charge in [-0.1, -0.05) is 24.3 Å². The van der Waals surface area contributed by atoms with Crippen molar-refractivity contribution < 1.29 is 12.8 Å². The average Bonchev–Trinajstić information content (AvgIpc) is 3.24. The molecule has 0 saturated heterocycles. The van der Waals surface area contributed by atoms with Gasteiger partial charge in [-0.05, 0) is 40.2 Å². The Labute approximate surface area is 173 Å². The lowest BCUT2D eigenvalue weighted by Gasteiger charge is -2.07. The molecule has 0 radical (unpaired) electrons. The summed E-state index contributed by atoms with van der Waals surface area (Å²) < 4.78 is 43.1. The normalized spacial score (nSPS) is 11.9. The second-order valence-electron chi connectivity index (χ2n) is 5.95. The summed E-state index contributed by atoms with van der Waals surface area (Å²) in [6.45, 7) is 0.213. The molecule has 0 atom stereocenters. The molecule has 10 heteroatoms. The van der Waals surface area contributed by atoms with Crippen molar-refractivity contribution in [2.45, 2.75) is 11.3 Å². The van der Waals surface area contributed by atoms with Gasteiger partial charge < -0.3 is 0 Å². The van der Waals surface area contributed by atoms with Crippen molar-refractivity contribution in [1.82, 2.24) is 19.3 Å². The molecular formula is C18H14BrFN4O2S2. The summed E-state index contributed by atoms with van der Waals surface area (Å²) in [6.07, 6.45) is 0.440. The first kappa shape index (κ1) is 19.2. The van der Waals surface area contributed by atoms with Gasteiger partial charge in [0.2, 0.25) is 15.0 Å². The maximum atomic E-state index is 13.4. The molecule has 0 fully saturated rings. The molecule has 4 aromatic rings. The third-order valence-corrected chi connectivity index (χ3v) is 7.37. The van der Waals surface area contributed by atoms with Crippen LogP contribution in [0.4, 0.5) is 4.39 Å². The Hall–Kier alpha value is -2.14. The predicted octanol–water partition coefficient (Wildman–Crippen LogP) is 3.88. The van der Waals surface area contributed by atoms with Gasteiger partial charge in [0.25, 0.3) is 0 Å². The van der Waals surface area contributed by atoms with Crippen molar-refractivity contribution >= 4 is 42.3 Å². The van der Waals surface area contributed by atoms with E-state index in [0.29, 0.717) is 27.2 Å². The molecule has 0 aliphatic carbocycles. The van der Waals surface area contributed by atoms with Crippen LogP contribution >= 0.6 is 27.3 Å². The Morgan fingerprint density at radius 2 is 2.00 bits per heavy atom. The summed E-state index contributed by atoms with van der Waals surface area (Å²) in [5.41, 5.74) is 1.42. The molecule has 0 unspecified atom stereocenters. The molecule has 0 bridgehead atoms. The van der Waals surface area contributed by atoms with Crippen LogP contribution in [0.1, 0.15) is 5.69 Å². The third kappa shape index (κ3) is 3.86. The molecule has 0 amide bonds. The lowest BCUT2D eigenvalue weighted by atomic mass is 10.2. The number of aromatic nitrogens is 3. The second kappa shape index (κ2) is 7.70. The van der Waals surface area contributed by atoms with E-state index in [-0.39, 0.29) is 17.3 Å². The van der Waals surface area contributed by atoms with E-state index >= 15 is 0 Å². The molecule has 28 heavy (non-hydrogen) atoms. The number of halogens is 2. The quantitative estimate of drug-likeness (QED) is 0.454. The lowest BCUT2D eigenvalue weighted by molar-refractivity contribution is 0.580. The highest BCUT2D eigenvalue weighted by Crippen LogP contribution is 2.23. The van der Waals surface area contributed by atoms with E-state index < -0.39 is 10.0 Å². The van der Waals surface area contributed by atoms with Crippen molar-refractivity contribution in [3.05, 3.63) is 69.9 Å². The molecule has 4 rings (SSSR count). The van der Waals surface area contributed by atoms with Crippen molar-refractivity contribution in [3.8, 4) is 11.4 Å². The molecule has 1 N–H and O–H groups in total. The van der Waals surface area contributed by atoms with Crippen molar-refractivity contribution in [2.24, 2.45) is 0 Å². The van der Waals surface area contributed by atoms with Gasteiger partial charge in [-0.15, -0.1) is 16.4 Å². The highest BCUT2D eigenvalue weighted by molar-refractivity contribution is 9.10. The van der Waals surface area contributed by atoms with Crippen LogP contribution in [0.3, 0.4) is 0 Å². The lowest BCUT2D eigenvalue weighted by Crippen LogP contribution is -2.26. The van der Waals surface area contributed by atoms with Gasteiger partial charge in [-0.25, -0.2) is 22.0 Å². The Bertz CT molecular complexity index is 1250. The fourth-order valence-corrected chi connectivity index (χ4v) is 5.59. The van der Waals surface area contributed by atoms with Crippen molar-refractivity contribution in [1.29, 1.82) is 0 Å². The van der Waals surface area contributed by atoms with Crippen LogP contribution in [0.5, 0.6) is 0 Å². The molecule has 0 saturated carbocycles. The average molecular weight is 481 g/mol. The molecule has 0 aliphatic rings. The van der Waals surface area contributed by atoms with E-state index in [4.69, 9.17) is 0 Å². The van der Waals surface area contributed by atoms with Crippen molar-refractivity contribution in [2.75, 3.05) is 6.54 Å². The number of fused-ring (bicyclic) bond motifs is 1. The number of nitrogens with zero attached hydrogens (tertiary/aromatic N) is 3. The number of sulfonamides is 1. The molecule has 0 aliphatic heterocycles. The zero-order chi connectivity index (χ0) is 19.7. The van der Waals surface area contributed by atoms with Crippen LogP contribution in [0.25, 0.3) is 16.3 Å². The van der Waals surface area contributed by atoms with Crippen LogP contribution in [0.2, 0.25) is 0 Å². The number of thiazole rings is 1. The summed E-state index contributed by atoms with van der Waals surface area (Å²) >= 11 is 4.66. The van der Waals surface area contributed by atoms with Crippen molar-refractivity contribution in [3.63, 3.8) is 0 Å². The van der Waals surface area contributed by atoms with Gasteiger partial charge in [0, 0.05) is 28.4 Å². The smallest absolute Gasteiger partial charge is 0.211 e. The highest BCUT2D eigenvalue weighted by atomic mass is 79.9. The molecule has 2 heterocycles. The standard InChI is InChI=1S/C18H14BrFN4O2S2/c19-15-6-1-2-7-16(15)28(25,26)21-9-8-14-11-27-18-22-17(23-24(14)18)12-4-3-5-13(20)10-12/h1-7,10-11,21H,8-9H2. The van der Waals surface area contributed by atoms with Crippen LogP contribution in [0.15, 0.2) is 63.3 Å². The molecular weight excluding hydrogens is 467 g/mol. The van der Waals surface area contributed by atoms with Gasteiger partial charge in [0.1, 0.15) is 5.82 Å². The van der Waals surface area contributed by atoms with E-state index in [0.717, 1.165) is 5.69 Å². The van der Waals surface area contributed by atoms with Gasteiger partial charge in [-0.2, -0.15) is 4.98 Å². The summed E-state index contributed by atoms with van der Waals surface area (Å²) in [4.78, 5) is 5.28. The Kier molecular flexibility index (Phi) is 5.28. The topological polar surface area (TPSA) is 76.4 Å². The van der Waals surface area contributed by atoms with E-state index in [1.807, 2.05) is 5.38 Å². The summed E-state index contributed by atoms with van der Waals surface area (Å²) in [5.74, 6) is 0.0822. The van der Waals surface area contributed by atoms with Crippen LogP contribution in [0, 0.1) is 5.82 Å². The fraction of sp³-hybridized carbons (Fsp3) is 0.111. The first-order chi connectivity index (χ1) is 13.4. The van der Waals surface area contributed by atoms with E-state index in [1.54, 1.807) is 34.8 Å². The summed E-state index contributed by atoms with van der Waals surface area (Å²) in [6, 6.07) is 12.7. The molecule has 0 spiro atoms.